The third kappa shape index (κ3) is 1.84. The monoisotopic (exact) mass is 254 g/mol. The van der Waals surface area contributed by atoms with E-state index in [4.69, 9.17) is 4.74 Å². The van der Waals surface area contributed by atoms with Gasteiger partial charge in [0.2, 0.25) is 0 Å². The molecule has 10 heavy (non-hydrogen) atoms. The van der Waals surface area contributed by atoms with Gasteiger partial charge in [0.25, 0.3) is 0 Å². The Balaban J connectivity index is 2.36. The summed E-state index contributed by atoms with van der Waals surface area (Å²) in [5.41, 5.74) is 0. The third-order valence-corrected chi connectivity index (χ3v) is 3.39. The van der Waals surface area contributed by atoms with Crippen LogP contribution in [0.3, 0.4) is 0 Å². The van der Waals surface area contributed by atoms with Gasteiger partial charge in [-0.2, -0.15) is 0 Å². The van der Waals surface area contributed by atoms with Crippen LogP contribution in [-0.4, -0.2) is 16.0 Å². The Morgan fingerprint density at radius 3 is 3.00 bits per heavy atom. The van der Waals surface area contributed by atoms with Gasteiger partial charge >= 0.3 is 5.97 Å². The zero-order valence-corrected chi connectivity index (χ0v) is 8.13. The maximum Gasteiger partial charge on any atom is 0.306 e. The molecule has 58 valence electrons. The zero-order valence-electron chi connectivity index (χ0n) is 5.97. The lowest BCUT2D eigenvalue weighted by atomic mass is 10.1. The first kappa shape index (κ1) is 8.30. The van der Waals surface area contributed by atoms with Gasteiger partial charge in [-0.25, -0.2) is 0 Å². The molecule has 0 bridgehead atoms. The quantitative estimate of drug-likeness (QED) is 0.427. The van der Waals surface area contributed by atoms with E-state index in [-0.39, 0.29) is 12.1 Å². The summed E-state index contributed by atoms with van der Waals surface area (Å²) in [6.07, 6.45) is 2.81. The summed E-state index contributed by atoms with van der Waals surface area (Å²) in [5.74, 6) is -0.0277. The van der Waals surface area contributed by atoms with Gasteiger partial charge in [-0.3, -0.25) is 4.79 Å². The number of ether oxygens (including phenoxy) is 1. The minimum Gasteiger partial charge on any atom is -0.461 e. The Morgan fingerprint density at radius 2 is 2.60 bits per heavy atom. The van der Waals surface area contributed by atoms with Crippen LogP contribution < -0.4 is 0 Å². The number of carbonyl (C=O) groups excluding carboxylic acids is 1. The van der Waals surface area contributed by atoms with Crippen LogP contribution >= 0.6 is 22.6 Å². The van der Waals surface area contributed by atoms with E-state index in [1.54, 1.807) is 0 Å². The molecule has 2 atom stereocenters. The van der Waals surface area contributed by atoms with Gasteiger partial charge in [-0.15, -0.1) is 0 Å². The van der Waals surface area contributed by atoms with Crippen molar-refractivity contribution in [2.24, 2.45) is 0 Å². The molecular weight excluding hydrogens is 243 g/mol. The topological polar surface area (TPSA) is 26.3 Å². The van der Waals surface area contributed by atoms with Crippen molar-refractivity contribution in [2.45, 2.75) is 36.2 Å². The van der Waals surface area contributed by atoms with Gasteiger partial charge in [0.05, 0.1) is 0 Å². The van der Waals surface area contributed by atoms with Crippen molar-refractivity contribution in [3.8, 4) is 0 Å². The Morgan fingerprint density at radius 1 is 1.90 bits per heavy atom. The highest BCUT2D eigenvalue weighted by Crippen LogP contribution is 2.23. The number of halogens is 1. The van der Waals surface area contributed by atoms with E-state index in [0.717, 1.165) is 12.8 Å². The van der Waals surface area contributed by atoms with Crippen LogP contribution in [0.2, 0.25) is 0 Å². The van der Waals surface area contributed by atoms with Gasteiger partial charge in [0.15, 0.2) is 0 Å². The molecule has 0 unspecified atom stereocenters. The van der Waals surface area contributed by atoms with E-state index in [1.165, 1.54) is 0 Å². The van der Waals surface area contributed by atoms with E-state index in [2.05, 4.69) is 29.5 Å². The number of carbonyl (C=O) groups is 1. The predicted octanol–water partition coefficient (Wildman–Crippen LogP) is 1.91. The number of hydrogen-bond donors (Lipinski definition) is 0. The van der Waals surface area contributed by atoms with Gasteiger partial charge in [-0.1, -0.05) is 29.5 Å². The molecule has 0 radical (unpaired) electrons. The average molecular weight is 254 g/mol. The number of rotatable bonds is 2. The van der Waals surface area contributed by atoms with Crippen LogP contribution in [0.4, 0.5) is 0 Å². The van der Waals surface area contributed by atoms with Gasteiger partial charge in [0.1, 0.15) is 6.10 Å². The highest BCUT2D eigenvalue weighted by Gasteiger charge is 2.27. The summed E-state index contributed by atoms with van der Waals surface area (Å²) < 4.78 is 5.57. The minimum absolute atomic E-state index is 0.0277. The first-order valence-electron chi connectivity index (χ1n) is 3.57. The normalized spacial score (nSPS) is 28.2. The van der Waals surface area contributed by atoms with E-state index in [1.807, 2.05) is 0 Å². The molecule has 0 amide bonds. The molecule has 1 rings (SSSR count). The Hall–Kier alpha value is 0.200. The molecule has 0 spiro atoms. The number of esters is 1. The molecule has 0 aromatic heterocycles. The lowest BCUT2D eigenvalue weighted by Crippen LogP contribution is -2.18. The van der Waals surface area contributed by atoms with E-state index < -0.39 is 0 Å². The molecule has 1 fully saturated rings. The number of hydrogen-bond acceptors (Lipinski definition) is 2. The van der Waals surface area contributed by atoms with Crippen LogP contribution in [0, 0.1) is 0 Å². The van der Waals surface area contributed by atoms with E-state index >= 15 is 0 Å². The highest BCUT2D eigenvalue weighted by molar-refractivity contribution is 14.1. The molecule has 1 heterocycles. The minimum atomic E-state index is -0.0277. The first-order chi connectivity index (χ1) is 4.74. The van der Waals surface area contributed by atoms with Crippen molar-refractivity contribution in [3.63, 3.8) is 0 Å². The Bertz CT molecular complexity index is 136. The van der Waals surface area contributed by atoms with Crippen molar-refractivity contribution in [1.82, 2.24) is 0 Å². The van der Waals surface area contributed by atoms with Gasteiger partial charge < -0.3 is 4.74 Å². The lowest BCUT2D eigenvalue weighted by molar-refractivity contribution is -0.141. The third-order valence-electron chi connectivity index (χ3n) is 1.71. The number of cyclic esters (lactones) is 1. The standard InChI is InChI=1S/C7H11IO2/c1-2-5(8)6-3-4-7(9)10-6/h5-6H,2-4H2,1H3/t5-,6-/m0/s1. The first-order valence-corrected chi connectivity index (χ1v) is 4.82. The lowest BCUT2D eigenvalue weighted by Gasteiger charge is -2.13. The van der Waals surface area contributed by atoms with Gasteiger partial charge in [0, 0.05) is 10.3 Å². The molecule has 2 nitrogen and oxygen atoms in total. The van der Waals surface area contributed by atoms with Crippen molar-refractivity contribution in [1.29, 1.82) is 0 Å². The molecule has 0 aromatic rings. The smallest absolute Gasteiger partial charge is 0.306 e. The van der Waals surface area contributed by atoms with Crippen molar-refractivity contribution >= 4 is 28.6 Å². The summed E-state index contributed by atoms with van der Waals surface area (Å²) in [6.45, 7) is 2.11. The SMILES string of the molecule is CC[C@H](I)[C@@H]1CCC(=O)O1. The van der Waals surface area contributed by atoms with Crippen molar-refractivity contribution in [3.05, 3.63) is 0 Å². The van der Waals surface area contributed by atoms with Crippen LogP contribution in [0.25, 0.3) is 0 Å². The second-order valence-corrected chi connectivity index (χ2v) is 4.09. The summed E-state index contributed by atoms with van der Waals surface area (Å²) in [6, 6.07) is 0. The second kappa shape index (κ2) is 3.55. The summed E-state index contributed by atoms with van der Waals surface area (Å²) >= 11 is 2.34. The fourth-order valence-corrected chi connectivity index (χ4v) is 1.57. The fourth-order valence-electron chi connectivity index (χ4n) is 1.06. The van der Waals surface area contributed by atoms with Crippen LogP contribution in [0.15, 0.2) is 0 Å². The molecule has 0 aliphatic carbocycles. The maximum absolute atomic E-state index is 10.6. The van der Waals surface area contributed by atoms with Gasteiger partial charge in [-0.05, 0) is 12.8 Å². The largest absolute Gasteiger partial charge is 0.461 e. The molecular formula is C7H11IO2. The Labute approximate surface area is 74.5 Å². The molecule has 1 aliphatic heterocycles. The van der Waals surface area contributed by atoms with Crippen molar-refractivity contribution in [2.75, 3.05) is 0 Å². The maximum atomic E-state index is 10.6. The van der Waals surface area contributed by atoms with E-state index in [0.29, 0.717) is 10.3 Å². The second-order valence-electron chi connectivity index (χ2n) is 2.49. The highest BCUT2D eigenvalue weighted by atomic mass is 127. The molecule has 0 N–H and O–H groups in total. The van der Waals surface area contributed by atoms with Crippen LogP contribution in [-0.2, 0) is 9.53 Å². The van der Waals surface area contributed by atoms with Crippen LogP contribution in [0.5, 0.6) is 0 Å². The number of alkyl halides is 1. The summed E-state index contributed by atoms with van der Waals surface area (Å²) in [5, 5.41) is 0. The summed E-state index contributed by atoms with van der Waals surface area (Å²) in [4.78, 5) is 10.6. The van der Waals surface area contributed by atoms with Crippen molar-refractivity contribution < 1.29 is 9.53 Å². The summed E-state index contributed by atoms with van der Waals surface area (Å²) in [7, 11) is 0. The fraction of sp³-hybridized carbons (Fsp3) is 0.857. The van der Waals surface area contributed by atoms with Crippen LogP contribution in [0.1, 0.15) is 26.2 Å². The Kier molecular flexibility index (Phi) is 2.95. The molecule has 0 aromatic carbocycles. The predicted molar refractivity (Wildman–Crippen MR) is 47.2 cm³/mol. The molecule has 0 saturated carbocycles. The average Bonchev–Trinajstić information content (AvgIpc) is 2.34. The molecule has 3 heteroatoms. The van der Waals surface area contributed by atoms with E-state index in [9.17, 15) is 4.79 Å². The molecule has 1 aliphatic rings. The molecule has 1 saturated heterocycles. The zero-order chi connectivity index (χ0) is 7.56.